The molecule has 0 heterocycles. The van der Waals surface area contributed by atoms with Crippen molar-refractivity contribution in [2.45, 2.75) is 57.7 Å². The number of hydrogen-bond acceptors (Lipinski definition) is 7. The van der Waals surface area contributed by atoms with Gasteiger partial charge >= 0.3 is 11.9 Å². The zero-order valence-electron chi connectivity index (χ0n) is 18.2. The lowest BCUT2D eigenvalue weighted by atomic mass is 9.97. The summed E-state index contributed by atoms with van der Waals surface area (Å²) in [4.78, 5) is 63.3. The molecule has 0 rings (SSSR count). The van der Waals surface area contributed by atoms with Gasteiger partial charge < -0.3 is 43.4 Å². The van der Waals surface area contributed by atoms with Gasteiger partial charge in [0.1, 0.15) is 18.1 Å². The molecule has 0 bridgehead atoms. The Hall–Kier alpha value is -3.42. The predicted molar refractivity (Wildman–Crippen MR) is 114 cm³/mol. The van der Waals surface area contributed by atoms with Crippen LogP contribution in [0.4, 0.5) is 0 Å². The van der Waals surface area contributed by atoms with Crippen LogP contribution in [0.1, 0.15) is 39.5 Å². The van der Waals surface area contributed by atoms with Gasteiger partial charge in [-0.2, -0.15) is 0 Å². The van der Waals surface area contributed by atoms with Crippen molar-refractivity contribution in [3.63, 3.8) is 0 Å². The Labute approximate surface area is 185 Å². The average molecular weight is 460 g/mol. The molecule has 0 aliphatic carbocycles. The predicted octanol–water partition coefficient (Wildman–Crippen LogP) is -2.94. The van der Waals surface area contributed by atoms with E-state index in [2.05, 4.69) is 20.9 Å². The third-order valence-electron chi connectivity index (χ3n) is 4.57. The Morgan fingerprint density at radius 3 is 2.03 bits per heavy atom. The molecule has 4 atom stereocenters. The molecule has 11 N–H and O–H groups in total. The summed E-state index contributed by atoms with van der Waals surface area (Å²) < 4.78 is 0. The fourth-order valence-corrected chi connectivity index (χ4v) is 2.61. The second-order valence-electron chi connectivity index (χ2n) is 7.14. The molecule has 0 aromatic rings. The molecule has 0 saturated carbocycles. The van der Waals surface area contributed by atoms with Crippen LogP contribution in [0.3, 0.4) is 0 Å². The molecule has 0 radical (unpaired) electrons. The second kappa shape index (κ2) is 14.6. The quantitative estimate of drug-likeness (QED) is 0.0702. The molecule has 3 amide bonds. The number of nitrogens with two attached hydrogens (primary N) is 3. The molecule has 0 aromatic heterocycles. The number of carboxylic acid groups (broad SMARTS) is 2. The van der Waals surface area contributed by atoms with Crippen LogP contribution in [0.15, 0.2) is 4.99 Å². The molecule has 4 unspecified atom stereocenters. The van der Waals surface area contributed by atoms with Crippen LogP contribution in [-0.2, 0) is 24.0 Å². The summed E-state index contributed by atoms with van der Waals surface area (Å²) in [5, 5.41) is 25.4. The van der Waals surface area contributed by atoms with Gasteiger partial charge in [-0.3, -0.25) is 24.2 Å². The lowest BCUT2D eigenvalue weighted by Crippen LogP contribution is -2.58. The molecule has 0 aliphatic heterocycles. The molecule has 0 saturated heterocycles. The van der Waals surface area contributed by atoms with E-state index in [0.29, 0.717) is 6.42 Å². The average Bonchev–Trinajstić information content (AvgIpc) is 2.71. The highest BCUT2D eigenvalue weighted by Crippen LogP contribution is 2.09. The van der Waals surface area contributed by atoms with Crippen LogP contribution in [0.2, 0.25) is 0 Å². The van der Waals surface area contributed by atoms with Crippen molar-refractivity contribution in [3.8, 4) is 0 Å². The first-order valence-electron chi connectivity index (χ1n) is 10.0. The summed E-state index contributed by atoms with van der Waals surface area (Å²) in [6.45, 7) is 3.24. The van der Waals surface area contributed by atoms with Crippen molar-refractivity contribution in [2.75, 3.05) is 13.1 Å². The van der Waals surface area contributed by atoms with Crippen LogP contribution in [0.5, 0.6) is 0 Å². The number of aliphatic imine (C=N–C) groups is 1. The highest BCUT2D eigenvalue weighted by molar-refractivity contribution is 5.95. The number of guanidine groups is 1. The smallest absolute Gasteiger partial charge is 0.326 e. The molecule has 0 aliphatic rings. The lowest BCUT2D eigenvalue weighted by molar-refractivity contribution is -0.143. The van der Waals surface area contributed by atoms with E-state index >= 15 is 0 Å². The number of nitrogens with zero attached hydrogens (tertiary/aromatic N) is 1. The van der Waals surface area contributed by atoms with E-state index in [1.165, 1.54) is 0 Å². The van der Waals surface area contributed by atoms with Crippen LogP contribution >= 0.6 is 0 Å². The maximum absolute atomic E-state index is 12.7. The molecule has 32 heavy (non-hydrogen) atoms. The Kier molecular flexibility index (Phi) is 13.0. The Bertz CT molecular complexity index is 710. The topological polar surface area (TPSA) is 252 Å². The van der Waals surface area contributed by atoms with Gasteiger partial charge in [0.25, 0.3) is 0 Å². The molecule has 0 spiro atoms. The van der Waals surface area contributed by atoms with Crippen molar-refractivity contribution < 1.29 is 34.2 Å². The first-order chi connectivity index (χ1) is 14.9. The van der Waals surface area contributed by atoms with E-state index in [4.69, 9.17) is 22.3 Å². The summed E-state index contributed by atoms with van der Waals surface area (Å²) in [5.41, 5.74) is 15.6. The Morgan fingerprint density at radius 1 is 0.969 bits per heavy atom. The van der Waals surface area contributed by atoms with Crippen molar-refractivity contribution >= 4 is 35.6 Å². The largest absolute Gasteiger partial charge is 0.481 e. The van der Waals surface area contributed by atoms with Crippen LogP contribution in [0, 0.1) is 5.92 Å². The van der Waals surface area contributed by atoms with Gasteiger partial charge in [0.2, 0.25) is 17.7 Å². The standard InChI is InChI=1S/C18H33N7O7/c1-3-9(2)14(25-12(26)8-19)16(30)24-11(7-13(27)28)15(29)23-10(17(31)32)5-4-6-22-18(20)21/h9-11,14H,3-8,19H2,1-2H3,(H,23,29)(H,24,30)(H,25,26)(H,27,28)(H,31,32)(H4,20,21,22). The maximum Gasteiger partial charge on any atom is 0.326 e. The third kappa shape index (κ3) is 11.1. The zero-order valence-corrected chi connectivity index (χ0v) is 18.2. The van der Waals surface area contributed by atoms with Gasteiger partial charge in [0.15, 0.2) is 5.96 Å². The number of carbonyl (C=O) groups is 5. The van der Waals surface area contributed by atoms with Crippen LogP contribution < -0.4 is 33.2 Å². The summed E-state index contributed by atoms with van der Waals surface area (Å²) >= 11 is 0. The Balaban J connectivity index is 5.37. The van der Waals surface area contributed by atoms with E-state index in [1.807, 2.05) is 0 Å². The number of carbonyl (C=O) groups excluding carboxylic acids is 3. The molecular weight excluding hydrogens is 426 g/mol. The van der Waals surface area contributed by atoms with E-state index in [9.17, 15) is 29.1 Å². The number of amides is 3. The summed E-state index contributed by atoms with van der Waals surface area (Å²) in [6.07, 6.45) is -0.106. The third-order valence-corrected chi connectivity index (χ3v) is 4.57. The summed E-state index contributed by atoms with van der Waals surface area (Å²) in [6, 6.07) is -3.98. The zero-order chi connectivity index (χ0) is 24.8. The molecule has 14 nitrogen and oxygen atoms in total. The van der Waals surface area contributed by atoms with E-state index < -0.39 is 54.2 Å². The number of carboxylic acids is 2. The van der Waals surface area contributed by atoms with Gasteiger partial charge in [-0.25, -0.2) is 4.79 Å². The highest BCUT2D eigenvalue weighted by atomic mass is 16.4. The van der Waals surface area contributed by atoms with E-state index in [-0.39, 0.29) is 37.8 Å². The highest BCUT2D eigenvalue weighted by Gasteiger charge is 2.32. The van der Waals surface area contributed by atoms with Gasteiger partial charge in [0, 0.05) is 6.54 Å². The monoisotopic (exact) mass is 459 g/mol. The number of aliphatic carboxylic acids is 2. The number of rotatable bonds is 15. The minimum Gasteiger partial charge on any atom is -0.481 e. The fraction of sp³-hybridized carbons (Fsp3) is 0.667. The van der Waals surface area contributed by atoms with E-state index in [1.54, 1.807) is 13.8 Å². The normalized spacial score (nSPS) is 14.2. The van der Waals surface area contributed by atoms with Gasteiger partial charge in [0.05, 0.1) is 13.0 Å². The van der Waals surface area contributed by atoms with Crippen molar-refractivity contribution in [2.24, 2.45) is 28.1 Å². The number of nitrogens with one attached hydrogen (secondary N) is 3. The first kappa shape index (κ1) is 28.6. The summed E-state index contributed by atoms with van der Waals surface area (Å²) in [5.74, 6) is -5.64. The minimum atomic E-state index is -1.57. The van der Waals surface area contributed by atoms with E-state index in [0.717, 1.165) is 0 Å². The van der Waals surface area contributed by atoms with Crippen LogP contribution in [-0.4, -0.2) is 77.0 Å². The molecule has 14 heteroatoms. The van der Waals surface area contributed by atoms with Crippen molar-refractivity contribution in [3.05, 3.63) is 0 Å². The van der Waals surface area contributed by atoms with Crippen molar-refractivity contribution in [1.29, 1.82) is 0 Å². The molecule has 0 aromatic carbocycles. The number of hydrogen-bond donors (Lipinski definition) is 8. The first-order valence-corrected chi connectivity index (χ1v) is 10.0. The molecule has 182 valence electrons. The van der Waals surface area contributed by atoms with Crippen molar-refractivity contribution in [1.82, 2.24) is 16.0 Å². The van der Waals surface area contributed by atoms with Gasteiger partial charge in [-0.15, -0.1) is 0 Å². The maximum atomic E-state index is 12.7. The van der Waals surface area contributed by atoms with Crippen LogP contribution in [0.25, 0.3) is 0 Å². The van der Waals surface area contributed by atoms with Gasteiger partial charge in [-0.05, 0) is 18.8 Å². The second-order valence-corrected chi connectivity index (χ2v) is 7.14. The molecule has 0 fully saturated rings. The Morgan fingerprint density at radius 2 is 1.56 bits per heavy atom. The lowest BCUT2D eigenvalue weighted by Gasteiger charge is -2.26. The fourth-order valence-electron chi connectivity index (χ4n) is 2.61. The SMILES string of the molecule is CCC(C)C(NC(=O)CN)C(=O)NC(CC(=O)O)C(=O)NC(CCCN=C(N)N)C(=O)O. The van der Waals surface area contributed by atoms with Gasteiger partial charge in [-0.1, -0.05) is 20.3 Å². The molecular formula is C18H33N7O7. The minimum absolute atomic E-state index is 0.0341. The summed E-state index contributed by atoms with van der Waals surface area (Å²) in [7, 11) is 0.